The third-order valence-corrected chi connectivity index (χ3v) is 9.21. The molecule has 1 fully saturated rings. The molecule has 178 valence electrons. The van der Waals surface area contributed by atoms with Gasteiger partial charge < -0.3 is 10.7 Å². The Morgan fingerprint density at radius 2 is 1.88 bits per heavy atom. The third-order valence-electron chi connectivity index (χ3n) is 7.33. The second kappa shape index (κ2) is 8.67. The van der Waals surface area contributed by atoms with Crippen molar-refractivity contribution in [3.05, 3.63) is 58.8 Å². The van der Waals surface area contributed by atoms with Crippen LogP contribution >= 0.6 is 0 Å². The van der Waals surface area contributed by atoms with Gasteiger partial charge in [-0.15, -0.1) is 0 Å². The van der Waals surface area contributed by atoms with Crippen LogP contribution in [0.1, 0.15) is 70.4 Å². The van der Waals surface area contributed by atoms with Crippen LogP contribution in [0.4, 0.5) is 0 Å². The number of hydrogen-bond donors (Lipinski definition) is 2. The molecule has 34 heavy (non-hydrogen) atoms. The number of sulfonamides is 1. The molecule has 1 amide bonds. The van der Waals surface area contributed by atoms with E-state index >= 15 is 0 Å². The highest BCUT2D eigenvalue weighted by molar-refractivity contribution is 7.89. The average Bonchev–Trinajstić information content (AvgIpc) is 3.27. The zero-order valence-corrected chi connectivity index (χ0v) is 20.1. The van der Waals surface area contributed by atoms with Crippen LogP contribution in [0.25, 0.3) is 22.0 Å². The lowest BCUT2D eigenvalue weighted by molar-refractivity contribution is 0.0970. The summed E-state index contributed by atoms with van der Waals surface area (Å²) in [6.45, 7) is 2.65. The molecule has 2 aromatic carbocycles. The number of hydrogen-bond acceptors (Lipinski definition) is 4. The van der Waals surface area contributed by atoms with Crippen LogP contribution in [-0.4, -0.2) is 48.2 Å². The van der Waals surface area contributed by atoms with E-state index in [1.165, 1.54) is 0 Å². The Labute approximate surface area is 199 Å². The Bertz CT molecular complexity index is 1400. The first-order chi connectivity index (χ1) is 16.3. The number of nitrogens with zero attached hydrogens (tertiary/aromatic N) is 1. The number of ketones is 1. The van der Waals surface area contributed by atoms with Crippen LogP contribution < -0.4 is 5.73 Å². The molecule has 2 heterocycles. The minimum Gasteiger partial charge on any atom is -0.366 e. The number of H-pyrrole nitrogens is 1. The van der Waals surface area contributed by atoms with Crippen molar-refractivity contribution in [3.8, 4) is 11.1 Å². The smallest absolute Gasteiger partial charge is 0.250 e. The predicted molar refractivity (Wildman–Crippen MR) is 133 cm³/mol. The maximum absolute atomic E-state index is 12.5. The van der Waals surface area contributed by atoms with Crippen molar-refractivity contribution in [1.82, 2.24) is 9.29 Å². The number of piperidine rings is 1. The lowest BCUT2D eigenvalue weighted by Crippen LogP contribution is -2.38. The average molecular weight is 480 g/mol. The van der Waals surface area contributed by atoms with Gasteiger partial charge in [0.1, 0.15) is 0 Å². The lowest BCUT2D eigenvalue weighted by atomic mass is 9.86. The molecule has 2 aliphatic rings. The van der Waals surface area contributed by atoms with E-state index in [1.807, 2.05) is 24.4 Å². The molecule has 0 spiro atoms. The highest BCUT2D eigenvalue weighted by Gasteiger charge is 2.29. The first-order valence-corrected chi connectivity index (χ1v) is 13.5. The molecule has 3 N–H and O–H groups in total. The molecule has 1 aromatic heterocycles. The molecule has 7 nitrogen and oxygen atoms in total. The number of amides is 1. The molecular weight excluding hydrogens is 450 g/mol. The number of fused-ring (bicyclic) bond motifs is 2. The topological polar surface area (TPSA) is 113 Å². The number of rotatable bonds is 5. The molecular formula is C26H29N3O4S. The van der Waals surface area contributed by atoms with E-state index in [9.17, 15) is 18.0 Å². The highest BCUT2D eigenvalue weighted by atomic mass is 32.2. The van der Waals surface area contributed by atoms with Gasteiger partial charge in [-0.25, -0.2) is 12.7 Å². The quantitative estimate of drug-likeness (QED) is 0.576. The molecule has 3 aromatic rings. The zero-order chi connectivity index (χ0) is 24.0. The summed E-state index contributed by atoms with van der Waals surface area (Å²) in [6.07, 6.45) is 5.71. The Balaban J connectivity index is 1.55. The van der Waals surface area contributed by atoms with Crippen LogP contribution in [0.5, 0.6) is 0 Å². The van der Waals surface area contributed by atoms with E-state index < -0.39 is 15.9 Å². The van der Waals surface area contributed by atoms with Crippen LogP contribution in [0.2, 0.25) is 0 Å². The Hall–Kier alpha value is -2.97. The maximum atomic E-state index is 12.5. The first kappa shape index (κ1) is 22.8. The number of aryl methyl sites for hydroxylation is 1. The number of benzene rings is 2. The normalized spacial score (nSPS) is 17.7. The van der Waals surface area contributed by atoms with Gasteiger partial charge in [0.25, 0.3) is 5.91 Å². The number of aromatic amines is 1. The van der Waals surface area contributed by atoms with E-state index in [0.29, 0.717) is 30.6 Å². The molecule has 5 rings (SSSR count). The predicted octanol–water partition coefficient (Wildman–Crippen LogP) is 3.98. The van der Waals surface area contributed by atoms with Crippen molar-refractivity contribution < 1.29 is 18.0 Å². The SMILES string of the molecule is CCS(=O)(=O)N1CCC(c2c[nH]c3c(C(N)=O)cc(-c4ccc5c(c4)C(=O)CCC5)cc23)CC1. The maximum Gasteiger partial charge on any atom is 0.250 e. The zero-order valence-electron chi connectivity index (χ0n) is 19.3. The second-order valence-electron chi connectivity index (χ2n) is 9.28. The van der Waals surface area contributed by atoms with E-state index in [1.54, 1.807) is 17.3 Å². The highest BCUT2D eigenvalue weighted by Crippen LogP contribution is 2.38. The fourth-order valence-corrected chi connectivity index (χ4v) is 6.52. The fourth-order valence-electron chi connectivity index (χ4n) is 5.39. The fraction of sp³-hybridized carbons (Fsp3) is 0.385. The summed E-state index contributed by atoms with van der Waals surface area (Å²) in [5, 5.41) is 0.923. The molecule has 0 radical (unpaired) electrons. The molecule has 0 atom stereocenters. The summed E-state index contributed by atoms with van der Waals surface area (Å²) in [7, 11) is -3.19. The van der Waals surface area contributed by atoms with Crippen molar-refractivity contribution in [3.63, 3.8) is 0 Å². The van der Waals surface area contributed by atoms with E-state index in [4.69, 9.17) is 5.73 Å². The Kier molecular flexibility index (Phi) is 5.81. The summed E-state index contributed by atoms with van der Waals surface area (Å²) in [5.74, 6) is -0.0639. The number of carbonyl (C=O) groups is 2. The minimum atomic E-state index is -3.19. The number of nitrogens with one attached hydrogen (secondary N) is 1. The molecule has 0 bridgehead atoms. The van der Waals surface area contributed by atoms with Crippen LogP contribution in [0, 0.1) is 0 Å². The van der Waals surface area contributed by atoms with Crippen molar-refractivity contribution in [1.29, 1.82) is 0 Å². The number of Topliss-reactive ketones (excluding diaryl/α,β-unsaturated/α-hetero) is 1. The van der Waals surface area contributed by atoms with Crippen LogP contribution in [0.15, 0.2) is 36.5 Å². The lowest BCUT2D eigenvalue weighted by Gasteiger charge is -2.31. The Morgan fingerprint density at radius 1 is 1.12 bits per heavy atom. The van der Waals surface area contributed by atoms with E-state index in [-0.39, 0.29) is 17.5 Å². The van der Waals surface area contributed by atoms with Gasteiger partial charge in [0.15, 0.2) is 5.78 Å². The largest absolute Gasteiger partial charge is 0.366 e. The van der Waals surface area contributed by atoms with Gasteiger partial charge in [-0.1, -0.05) is 12.1 Å². The number of aromatic nitrogens is 1. The summed E-state index contributed by atoms with van der Waals surface area (Å²) >= 11 is 0. The van der Waals surface area contributed by atoms with Gasteiger partial charge in [0, 0.05) is 36.7 Å². The number of primary amides is 1. The second-order valence-corrected chi connectivity index (χ2v) is 11.5. The molecule has 1 aliphatic carbocycles. The van der Waals surface area contributed by atoms with Gasteiger partial charge >= 0.3 is 0 Å². The monoisotopic (exact) mass is 479 g/mol. The Morgan fingerprint density at radius 3 is 2.59 bits per heavy atom. The van der Waals surface area contributed by atoms with Crippen LogP contribution in [-0.2, 0) is 16.4 Å². The van der Waals surface area contributed by atoms with Gasteiger partial charge in [-0.05, 0) is 79.0 Å². The van der Waals surface area contributed by atoms with Crippen molar-refractivity contribution in [2.24, 2.45) is 5.73 Å². The molecule has 1 aliphatic heterocycles. The van der Waals surface area contributed by atoms with Gasteiger partial charge in [-0.3, -0.25) is 9.59 Å². The van der Waals surface area contributed by atoms with Crippen molar-refractivity contribution in [2.45, 2.75) is 44.9 Å². The van der Waals surface area contributed by atoms with E-state index in [2.05, 4.69) is 11.1 Å². The molecule has 8 heteroatoms. The summed E-state index contributed by atoms with van der Waals surface area (Å²) < 4.78 is 26.1. The molecule has 0 unspecified atom stereocenters. The molecule has 0 saturated carbocycles. The van der Waals surface area contributed by atoms with Gasteiger partial charge in [0.2, 0.25) is 10.0 Å². The first-order valence-electron chi connectivity index (χ1n) is 11.9. The minimum absolute atomic E-state index is 0.110. The van der Waals surface area contributed by atoms with Gasteiger partial charge in [0.05, 0.1) is 16.8 Å². The van der Waals surface area contributed by atoms with Gasteiger partial charge in [-0.2, -0.15) is 0 Å². The number of carbonyl (C=O) groups excluding carboxylic acids is 2. The molecule has 1 saturated heterocycles. The third kappa shape index (κ3) is 3.95. The van der Waals surface area contributed by atoms with Crippen molar-refractivity contribution in [2.75, 3.05) is 18.8 Å². The van der Waals surface area contributed by atoms with E-state index in [0.717, 1.165) is 58.9 Å². The van der Waals surface area contributed by atoms with Crippen LogP contribution in [0.3, 0.4) is 0 Å². The standard InChI is InChI=1S/C26H29N3O4S/c1-2-34(32,33)29-10-8-17(9-11-29)23-15-28-25-21(23)13-19(14-22(25)26(27)31)18-7-6-16-4-3-5-24(30)20(16)12-18/h6-7,12-15,17,28H,2-5,8-11H2,1H3,(H2,27,31). The summed E-state index contributed by atoms with van der Waals surface area (Å²) in [6, 6.07) is 9.79. The number of nitrogens with two attached hydrogens (primary N) is 1. The van der Waals surface area contributed by atoms with Crippen molar-refractivity contribution >= 4 is 32.6 Å². The summed E-state index contributed by atoms with van der Waals surface area (Å²) in [5.41, 5.74) is 11.5. The summed E-state index contributed by atoms with van der Waals surface area (Å²) in [4.78, 5) is 28.0.